The van der Waals surface area contributed by atoms with Crippen molar-refractivity contribution in [3.63, 3.8) is 0 Å². The Balaban J connectivity index is 1.34. The molecule has 34 heavy (non-hydrogen) atoms. The molecular weight excluding hydrogens is 470 g/mol. The highest BCUT2D eigenvalue weighted by molar-refractivity contribution is 7.92. The van der Waals surface area contributed by atoms with Crippen molar-refractivity contribution >= 4 is 43.9 Å². The molecule has 1 N–H and O–H groups in total. The monoisotopic (exact) mass is 495 g/mol. The zero-order valence-electron chi connectivity index (χ0n) is 18.6. The average Bonchev–Trinajstić information content (AvgIpc) is 3.56. The van der Waals surface area contributed by atoms with Crippen molar-refractivity contribution in [1.29, 1.82) is 0 Å². The van der Waals surface area contributed by atoms with Gasteiger partial charge in [-0.3, -0.25) is 13.9 Å². The van der Waals surface area contributed by atoms with Crippen LogP contribution in [0, 0.1) is 0 Å². The minimum absolute atomic E-state index is 0.0158. The van der Waals surface area contributed by atoms with Crippen molar-refractivity contribution in [2.24, 2.45) is 0 Å². The van der Waals surface area contributed by atoms with E-state index in [4.69, 9.17) is 0 Å². The van der Waals surface area contributed by atoms with Crippen LogP contribution in [0.2, 0.25) is 0 Å². The van der Waals surface area contributed by atoms with Gasteiger partial charge in [0.25, 0.3) is 21.8 Å². The number of aryl methyl sites for hydroxylation is 1. The van der Waals surface area contributed by atoms with E-state index in [1.807, 2.05) is 29.2 Å². The van der Waals surface area contributed by atoms with Crippen molar-refractivity contribution in [2.75, 3.05) is 29.3 Å². The van der Waals surface area contributed by atoms with Gasteiger partial charge in [-0.2, -0.15) is 0 Å². The van der Waals surface area contributed by atoms with Gasteiger partial charge in [-0.25, -0.2) is 8.42 Å². The Morgan fingerprint density at radius 3 is 2.50 bits per heavy atom. The molecule has 0 spiro atoms. The quantitative estimate of drug-likeness (QED) is 0.569. The lowest BCUT2D eigenvalue weighted by Crippen LogP contribution is -2.35. The number of fused-ring (bicyclic) bond motifs is 1. The number of anilines is 2. The van der Waals surface area contributed by atoms with Crippen LogP contribution in [-0.2, 0) is 16.4 Å². The Kier molecular flexibility index (Phi) is 6.14. The Hall–Kier alpha value is -3.17. The van der Waals surface area contributed by atoms with Crippen molar-refractivity contribution in [2.45, 2.75) is 30.6 Å². The fourth-order valence-electron chi connectivity index (χ4n) is 4.45. The fraction of sp³-hybridized carbons (Fsp3) is 0.280. The highest BCUT2D eigenvalue weighted by atomic mass is 32.2. The molecule has 1 saturated heterocycles. The van der Waals surface area contributed by atoms with Gasteiger partial charge < -0.3 is 10.2 Å². The lowest BCUT2D eigenvalue weighted by molar-refractivity contribution is 0.0797. The standard InChI is InChI=1S/C25H25N3O4S2/c29-24(26-23-13-12-22(33-23)25(30)27-14-3-4-15-27)19-8-5-10-20(17-19)34(31,32)28-16-6-9-18-7-1-2-11-21(18)28/h1-2,5,7-8,10-13,17H,3-4,6,9,14-16H2,(H,26,29). The first-order valence-corrected chi connectivity index (χ1v) is 13.6. The van der Waals surface area contributed by atoms with Crippen molar-refractivity contribution < 1.29 is 18.0 Å². The van der Waals surface area contributed by atoms with Gasteiger partial charge in [-0.05, 0) is 67.6 Å². The van der Waals surface area contributed by atoms with E-state index in [1.165, 1.54) is 27.8 Å². The number of carbonyl (C=O) groups excluding carboxylic acids is 2. The average molecular weight is 496 g/mol. The Morgan fingerprint density at radius 1 is 0.882 bits per heavy atom. The molecule has 0 unspecified atom stereocenters. The summed E-state index contributed by atoms with van der Waals surface area (Å²) < 4.78 is 28.3. The van der Waals surface area contributed by atoms with Crippen LogP contribution >= 0.6 is 11.3 Å². The molecule has 0 radical (unpaired) electrons. The third-order valence-electron chi connectivity index (χ3n) is 6.20. The van der Waals surface area contributed by atoms with E-state index in [0.29, 0.717) is 22.1 Å². The molecule has 1 fully saturated rings. The van der Waals surface area contributed by atoms with Crippen LogP contribution < -0.4 is 9.62 Å². The van der Waals surface area contributed by atoms with Gasteiger partial charge in [0.2, 0.25) is 0 Å². The summed E-state index contributed by atoms with van der Waals surface area (Å²) in [6.45, 7) is 1.93. The number of hydrogen-bond acceptors (Lipinski definition) is 5. The molecule has 1 aromatic heterocycles. The van der Waals surface area contributed by atoms with Gasteiger partial charge in [0.1, 0.15) is 0 Å². The maximum Gasteiger partial charge on any atom is 0.264 e. The number of benzene rings is 2. The number of carbonyl (C=O) groups is 2. The summed E-state index contributed by atoms with van der Waals surface area (Å²) in [6.07, 6.45) is 3.62. The minimum Gasteiger partial charge on any atom is -0.338 e. The van der Waals surface area contributed by atoms with E-state index in [2.05, 4.69) is 5.32 Å². The highest BCUT2D eigenvalue weighted by Gasteiger charge is 2.29. The molecule has 2 aromatic carbocycles. The molecule has 0 atom stereocenters. The predicted molar refractivity (Wildman–Crippen MR) is 133 cm³/mol. The van der Waals surface area contributed by atoms with Crippen molar-refractivity contribution in [1.82, 2.24) is 4.90 Å². The van der Waals surface area contributed by atoms with E-state index < -0.39 is 15.9 Å². The number of amides is 2. The zero-order valence-corrected chi connectivity index (χ0v) is 20.2. The van der Waals surface area contributed by atoms with Crippen LogP contribution in [-0.4, -0.2) is 44.8 Å². The molecule has 3 heterocycles. The molecule has 0 bridgehead atoms. The second-order valence-corrected chi connectivity index (χ2v) is 11.4. The summed E-state index contributed by atoms with van der Waals surface area (Å²) in [5.41, 5.74) is 1.94. The molecule has 0 saturated carbocycles. The number of thiophene rings is 1. The second-order valence-electron chi connectivity index (χ2n) is 8.45. The maximum atomic E-state index is 13.4. The topological polar surface area (TPSA) is 86.8 Å². The highest BCUT2D eigenvalue weighted by Crippen LogP contribution is 2.32. The number of nitrogens with one attached hydrogen (secondary N) is 1. The van der Waals surface area contributed by atoms with Gasteiger partial charge in [-0.1, -0.05) is 24.3 Å². The van der Waals surface area contributed by atoms with E-state index in [1.54, 1.807) is 24.3 Å². The number of hydrogen-bond donors (Lipinski definition) is 1. The van der Waals surface area contributed by atoms with E-state index >= 15 is 0 Å². The Morgan fingerprint density at radius 2 is 1.68 bits per heavy atom. The van der Waals surface area contributed by atoms with Gasteiger partial charge in [-0.15, -0.1) is 11.3 Å². The molecular formula is C25H25N3O4S2. The van der Waals surface area contributed by atoms with Crippen LogP contribution in [0.3, 0.4) is 0 Å². The Labute approximate surface area is 203 Å². The molecule has 0 aliphatic carbocycles. The van der Waals surface area contributed by atoms with Crippen molar-refractivity contribution in [3.05, 3.63) is 76.7 Å². The Bertz CT molecular complexity index is 1340. The third-order valence-corrected chi connectivity index (χ3v) is 9.00. The molecule has 176 valence electrons. The van der Waals surface area contributed by atoms with E-state index in [-0.39, 0.29) is 16.4 Å². The molecule has 9 heteroatoms. The summed E-state index contributed by atoms with van der Waals surface area (Å²) in [7, 11) is -3.82. The minimum atomic E-state index is -3.82. The molecule has 5 rings (SSSR count). The normalized spacial score (nSPS) is 15.8. The number of likely N-dealkylation sites (tertiary alicyclic amines) is 1. The first-order valence-electron chi connectivity index (χ1n) is 11.3. The first kappa shape index (κ1) is 22.6. The number of sulfonamides is 1. The summed E-state index contributed by atoms with van der Waals surface area (Å²) in [4.78, 5) is 27.9. The number of nitrogens with zero attached hydrogens (tertiary/aromatic N) is 2. The van der Waals surface area contributed by atoms with Crippen LogP contribution in [0.5, 0.6) is 0 Å². The summed E-state index contributed by atoms with van der Waals surface area (Å²) in [6, 6.07) is 17.0. The fourth-order valence-corrected chi connectivity index (χ4v) is 6.91. The molecule has 2 amide bonds. The largest absolute Gasteiger partial charge is 0.338 e. The third kappa shape index (κ3) is 4.33. The van der Waals surface area contributed by atoms with Crippen molar-refractivity contribution in [3.8, 4) is 0 Å². The summed E-state index contributed by atoms with van der Waals surface area (Å²) >= 11 is 1.23. The lowest BCUT2D eigenvalue weighted by atomic mass is 10.0. The van der Waals surface area contributed by atoms with Crippen LogP contribution in [0.25, 0.3) is 0 Å². The van der Waals surface area contributed by atoms with E-state index in [0.717, 1.165) is 44.3 Å². The van der Waals surface area contributed by atoms with Gasteiger partial charge in [0.05, 0.1) is 20.5 Å². The van der Waals surface area contributed by atoms with Crippen LogP contribution in [0.4, 0.5) is 10.7 Å². The smallest absolute Gasteiger partial charge is 0.264 e. The van der Waals surface area contributed by atoms with Gasteiger partial charge in [0.15, 0.2) is 0 Å². The molecule has 2 aliphatic rings. The van der Waals surface area contributed by atoms with Crippen LogP contribution in [0.15, 0.2) is 65.6 Å². The predicted octanol–water partition coefficient (Wildman–Crippen LogP) is 4.38. The lowest BCUT2D eigenvalue weighted by Gasteiger charge is -2.30. The molecule has 2 aliphatic heterocycles. The SMILES string of the molecule is O=C(Nc1ccc(C(=O)N2CCCC2)s1)c1cccc(S(=O)(=O)N2CCCc3ccccc32)c1. The van der Waals surface area contributed by atoms with Gasteiger partial charge >= 0.3 is 0 Å². The maximum absolute atomic E-state index is 13.4. The molecule has 7 nitrogen and oxygen atoms in total. The second kappa shape index (κ2) is 9.23. The molecule has 3 aromatic rings. The zero-order chi connectivity index (χ0) is 23.7. The summed E-state index contributed by atoms with van der Waals surface area (Å²) in [5.74, 6) is -0.434. The van der Waals surface area contributed by atoms with Gasteiger partial charge in [0, 0.05) is 25.2 Å². The summed E-state index contributed by atoms with van der Waals surface area (Å²) in [5, 5.41) is 3.35. The van der Waals surface area contributed by atoms with Crippen LogP contribution in [0.1, 0.15) is 44.9 Å². The number of para-hydroxylation sites is 1. The van der Waals surface area contributed by atoms with E-state index in [9.17, 15) is 18.0 Å². The number of rotatable bonds is 5. The first-order chi connectivity index (χ1) is 16.4.